The van der Waals surface area contributed by atoms with Gasteiger partial charge in [0.1, 0.15) is 11.5 Å². The summed E-state index contributed by atoms with van der Waals surface area (Å²) in [4.78, 5) is 37.4. The number of carbonyl (C=O) groups excluding carboxylic acids is 1. The van der Waals surface area contributed by atoms with Crippen LogP contribution >= 0.6 is 0 Å². The van der Waals surface area contributed by atoms with E-state index < -0.39 is 5.97 Å². The van der Waals surface area contributed by atoms with Crippen molar-refractivity contribution in [1.82, 2.24) is 15.3 Å². The number of hydrogen-bond acceptors (Lipinski definition) is 7. The van der Waals surface area contributed by atoms with E-state index in [1.54, 1.807) is 18.2 Å². The van der Waals surface area contributed by atoms with Gasteiger partial charge >= 0.3 is 5.97 Å². The number of hydrogen-bond donors (Lipinski definition) is 2. The van der Waals surface area contributed by atoms with Gasteiger partial charge in [-0.3, -0.25) is 4.79 Å². The van der Waals surface area contributed by atoms with Crippen molar-refractivity contribution in [3.63, 3.8) is 0 Å². The Morgan fingerprint density at radius 3 is 2.69 bits per heavy atom. The monoisotopic (exact) mass is 439 g/mol. The summed E-state index contributed by atoms with van der Waals surface area (Å²) in [5.41, 5.74) is 1.39. The molecule has 1 aliphatic carbocycles. The first-order valence-electron chi connectivity index (χ1n) is 11.0. The number of carboxylic acid groups (broad SMARTS) is 1. The highest BCUT2D eigenvalue weighted by molar-refractivity contribution is 5.93. The van der Waals surface area contributed by atoms with Crippen LogP contribution in [0.15, 0.2) is 30.3 Å². The maximum Gasteiger partial charge on any atom is 0.335 e. The van der Waals surface area contributed by atoms with Crippen molar-refractivity contribution in [3.05, 3.63) is 47.2 Å². The molecule has 170 valence electrons. The minimum Gasteiger partial charge on any atom is -0.478 e. The molecule has 0 spiro atoms. The van der Waals surface area contributed by atoms with E-state index in [0.29, 0.717) is 74.8 Å². The number of amides is 1. The van der Waals surface area contributed by atoms with E-state index in [-0.39, 0.29) is 5.91 Å². The van der Waals surface area contributed by atoms with E-state index in [0.717, 1.165) is 18.4 Å². The smallest absolute Gasteiger partial charge is 0.335 e. The first-order valence-corrected chi connectivity index (χ1v) is 11.0. The molecule has 2 N–H and O–H groups in total. The first-order chi connectivity index (χ1) is 15.5. The van der Waals surface area contributed by atoms with Gasteiger partial charge in [0, 0.05) is 39.3 Å². The number of aromatic nitrogens is 2. The number of morpholine rings is 1. The number of likely N-dealkylation sites (N-methyl/N-ethyl adjacent to an activating group) is 1. The molecule has 2 heterocycles. The Hall–Kier alpha value is -3.20. The molecule has 32 heavy (non-hydrogen) atoms. The molecule has 1 saturated carbocycles. The van der Waals surface area contributed by atoms with Gasteiger partial charge in [-0.25, -0.2) is 9.78 Å². The number of nitrogens with zero attached hydrogens (tertiary/aromatic N) is 4. The highest BCUT2D eigenvalue weighted by Gasteiger charge is 2.24. The molecule has 2 fully saturated rings. The fourth-order valence-corrected chi connectivity index (χ4v) is 3.65. The lowest BCUT2D eigenvalue weighted by molar-refractivity contribution is 0.0695. The zero-order chi connectivity index (χ0) is 22.5. The van der Waals surface area contributed by atoms with E-state index in [2.05, 4.69) is 15.2 Å². The molecule has 0 radical (unpaired) electrons. The number of carboxylic acids is 1. The van der Waals surface area contributed by atoms with Crippen LogP contribution in [0.25, 0.3) is 0 Å². The van der Waals surface area contributed by atoms with Crippen LogP contribution in [0.3, 0.4) is 0 Å². The molecular formula is C23H29N5O4. The van der Waals surface area contributed by atoms with Crippen LogP contribution in [-0.4, -0.2) is 73.4 Å². The third-order valence-electron chi connectivity index (χ3n) is 5.82. The van der Waals surface area contributed by atoms with E-state index in [1.807, 2.05) is 24.1 Å². The summed E-state index contributed by atoms with van der Waals surface area (Å²) in [5.74, 6) is 0.588. The largest absolute Gasteiger partial charge is 0.478 e. The van der Waals surface area contributed by atoms with Crippen molar-refractivity contribution in [3.8, 4) is 0 Å². The normalized spacial score (nSPS) is 16.0. The third kappa shape index (κ3) is 5.53. The van der Waals surface area contributed by atoms with Crippen LogP contribution in [-0.2, 0) is 11.2 Å². The second kappa shape index (κ2) is 9.95. The number of carbonyl (C=O) groups is 2. The van der Waals surface area contributed by atoms with E-state index in [4.69, 9.17) is 9.72 Å². The standard InChI is InChI=1S/C23H29N5O4/c1-27(9-8-17-4-2-3-5-18(17)22(30)31)23-25-19(21(29)24-15-16-6-7-16)14-20(26-23)28-10-12-32-13-11-28/h2-5,14,16H,6-13,15H2,1H3,(H,24,29)(H,30,31). The number of nitrogens with one attached hydrogen (secondary N) is 1. The van der Waals surface area contributed by atoms with Gasteiger partial charge in [0.05, 0.1) is 18.8 Å². The molecule has 1 aromatic heterocycles. The molecule has 9 nitrogen and oxygen atoms in total. The van der Waals surface area contributed by atoms with Crippen molar-refractivity contribution in [2.24, 2.45) is 5.92 Å². The molecule has 1 saturated heterocycles. The Labute approximate surface area is 187 Å². The van der Waals surface area contributed by atoms with Gasteiger partial charge < -0.3 is 25.0 Å². The van der Waals surface area contributed by atoms with Crippen molar-refractivity contribution in [2.45, 2.75) is 19.3 Å². The maximum atomic E-state index is 12.8. The number of rotatable bonds is 9. The second-order valence-electron chi connectivity index (χ2n) is 8.30. The van der Waals surface area contributed by atoms with E-state index in [1.165, 1.54) is 0 Å². The minimum atomic E-state index is -0.941. The second-order valence-corrected chi connectivity index (χ2v) is 8.30. The summed E-state index contributed by atoms with van der Waals surface area (Å²) >= 11 is 0. The molecule has 1 aromatic carbocycles. The van der Waals surface area contributed by atoms with Gasteiger partial charge in [-0.05, 0) is 36.8 Å². The summed E-state index contributed by atoms with van der Waals surface area (Å²) in [6.07, 6.45) is 2.84. The fraction of sp³-hybridized carbons (Fsp3) is 0.478. The van der Waals surface area contributed by atoms with E-state index >= 15 is 0 Å². The Kier molecular flexibility index (Phi) is 6.84. The summed E-state index contributed by atoms with van der Waals surface area (Å²) in [7, 11) is 1.85. The molecule has 0 atom stereocenters. The number of benzene rings is 1. The van der Waals surface area contributed by atoms with Crippen LogP contribution in [0.4, 0.5) is 11.8 Å². The van der Waals surface area contributed by atoms with Crippen LogP contribution in [0.5, 0.6) is 0 Å². The average Bonchev–Trinajstić information content (AvgIpc) is 3.66. The minimum absolute atomic E-state index is 0.195. The van der Waals surface area contributed by atoms with Crippen molar-refractivity contribution >= 4 is 23.6 Å². The molecule has 0 unspecified atom stereocenters. The molecule has 2 aliphatic rings. The Morgan fingerprint density at radius 1 is 1.22 bits per heavy atom. The molecule has 1 aliphatic heterocycles. The van der Waals surface area contributed by atoms with Crippen molar-refractivity contribution in [2.75, 3.05) is 56.2 Å². The highest BCUT2D eigenvalue weighted by Crippen LogP contribution is 2.27. The van der Waals surface area contributed by atoms with Gasteiger partial charge in [-0.1, -0.05) is 18.2 Å². The highest BCUT2D eigenvalue weighted by atomic mass is 16.5. The molecule has 2 aromatic rings. The first kappa shape index (κ1) is 22.0. The number of ether oxygens (including phenoxy) is 1. The molecule has 4 rings (SSSR count). The lowest BCUT2D eigenvalue weighted by atomic mass is 10.0. The molecule has 0 bridgehead atoms. The maximum absolute atomic E-state index is 12.8. The summed E-state index contributed by atoms with van der Waals surface area (Å²) in [6, 6.07) is 8.72. The average molecular weight is 440 g/mol. The van der Waals surface area contributed by atoms with Gasteiger partial charge in [0.2, 0.25) is 5.95 Å². The van der Waals surface area contributed by atoms with Crippen LogP contribution in [0.1, 0.15) is 39.3 Å². The Bertz CT molecular complexity index is 973. The number of anilines is 2. The molecular weight excluding hydrogens is 410 g/mol. The van der Waals surface area contributed by atoms with Gasteiger partial charge in [0.15, 0.2) is 0 Å². The van der Waals surface area contributed by atoms with Crippen LogP contribution in [0.2, 0.25) is 0 Å². The third-order valence-corrected chi connectivity index (χ3v) is 5.82. The van der Waals surface area contributed by atoms with Crippen LogP contribution < -0.4 is 15.1 Å². The molecule has 1 amide bonds. The predicted molar refractivity (Wildman–Crippen MR) is 120 cm³/mol. The lowest BCUT2D eigenvalue weighted by Crippen LogP contribution is -2.37. The van der Waals surface area contributed by atoms with Crippen LogP contribution in [0, 0.1) is 5.92 Å². The van der Waals surface area contributed by atoms with Crippen molar-refractivity contribution < 1.29 is 19.4 Å². The van der Waals surface area contributed by atoms with Gasteiger partial charge in [0.25, 0.3) is 5.91 Å². The summed E-state index contributed by atoms with van der Waals surface area (Å²) in [6.45, 7) is 3.83. The molecule has 9 heteroatoms. The van der Waals surface area contributed by atoms with Gasteiger partial charge in [-0.15, -0.1) is 0 Å². The zero-order valence-corrected chi connectivity index (χ0v) is 18.3. The predicted octanol–water partition coefficient (Wildman–Crippen LogP) is 1.83. The Balaban J connectivity index is 1.53. The van der Waals surface area contributed by atoms with Crippen molar-refractivity contribution in [1.29, 1.82) is 0 Å². The quantitative estimate of drug-likeness (QED) is 0.609. The summed E-state index contributed by atoms with van der Waals surface area (Å²) in [5, 5.41) is 12.4. The Morgan fingerprint density at radius 2 is 1.97 bits per heavy atom. The summed E-state index contributed by atoms with van der Waals surface area (Å²) < 4.78 is 5.44. The zero-order valence-electron chi connectivity index (χ0n) is 18.3. The topological polar surface area (TPSA) is 108 Å². The number of aromatic carboxylic acids is 1. The lowest BCUT2D eigenvalue weighted by Gasteiger charge is -2.29. The fourth-order valence-electron chi connectivity index (χ4n) is 3.65. The van der Waals surface area contributed by atoms with Gasteiger partial charge in [-0.2, -0.15) is 4.98 Å². The SMILES string of the molecule is CN(CCc1ccccc1C(=O)O)c1nc(C(=O)NCC2CC2)cc(N2CCOCC2)n1. The van der Waals surface area contributed by atoms with E-state index in [9.17, 15) is 14.7 Å².